The topological polar surface area (TPSA) is 67.6 Å². The molecule has 178 valence electrons. The molecule has 3 aromatic carbocycles. The highest BCUT2D eigenvalue weighted by Crippen LogP contribution is 2.39. The molecule has 5 nitrogen and oxygen atoms in total. The highest BCUT2D eigenvalue weighted by Gasteiger charge is 2.28. The molecule has 3 N–H and O–H groups in total. The zero-order valence-electron chi connectivity index (χ0n) is 18.4. The summed E-state index contributed by atoms with van der Waals surface area (Å²) in [4.78, 5) is 13.5. The summed E-state index contributed by atoms with van der Waals surface area (Å²) in [5, 5.41) is 2.71. The largest absolute Gasteiger partial charge is 0.397 e. The molecule has 0 atom stereocenters. The number of benzene rings is 3. The van der Waals surface area contributed by atoms with Crippen LogP contribution in [-0.4, -0.2) is 44.5 Å². The third-order valence-corrected chi connectivity index (χ3v) is 5.85. The van der Waals surface area contributed by atoms with Gasteiger partial charge in [-0.2, -0.15) is 0 Å². The number of nitrogens with zero attached hydrogens (tertiary/aromatic N) is 1. The summed E-state index contributed by atoms with van der Waals surface area (Å²) >= 11 is 0. The van der Waals surface area contributed by atoms with Crippen molar-refractivity contribution in [1.82, 2.24) is 4.90 Å². The SMILES string of the molecule is CNc1c(N)cc(-c2c(F)c(F)c(-c3cccc(CN4CCOCC4)c3)c(F)c2F)cc1C=O. The summed E-state index contributed by atoms with van der Waals surface area (Å²) < 4.78 is 66.0. The van der Waals surface area contributed by atoms with E-state index in [2.05, 4.69) is 10.2 Å². The molecule has 9 heteroatoms. The number of carbonyl (C=O) groups excluding carboxylic acids is 1. The van der Waals surface area contributed by atoms with E-state index in [9.17, 15) is 4.79 Å². The number of carbonyl (C=O) groups is 1. The van der Waals surface area contributed by atoms with E-state index in [1.54, 1.807) is 12.1 Å². The standard InChI is InChI=1S/C25H23F4N3O2/c1-31-25-17(13-33)10-16(11-18(25)30)20-23(28)21(26)19(22(27)24(20)29)15-4-2-3-14(9-15)12-32-5-7-34-8-6-32/h2-4,9-11,13,31H,5-8,12,30H2,1H3. The number of nitrogen functional groups attached to an aromatic ring is 1. The molecule has 1 heterocycles. The summed E-state index contributed by atoms with van der Waals surface area (Å²) in [5.74, 6) is -6.19. The maximum Gasteiger partial charge on any atom is 0.170 e. The van der Waals surface area contributed by atoms with Crippen molar-refractivity contribution in [2.24, 2.45) is 0 Å². The van der Waals surface area contributed by atoms with Crippen LogP contribution in [0.4, 0.5) is 28.9 Å². The highest BCUT2D eigenvalue weighted by atomic mass is 19.2. The highest BCUT2D eigenvalue weighted by molar-refractivity contribution is 5.93. The van der Waals surface area contributed by atoms with Crippen molar-refractivity contribution in [2.75, 3.05) is 44.4 Å². The number of nitrogens with one attached hydrogen (secondary N) is 1. The second kappa shape index (κ2) is 9.82. The van der Waals surface area contributed by atoms with Crippen molar-refractivity contribution in [2.45, 2.75) is 6.54 Å². The number of hydrogen-bond acceptors (Lipinski definition) is 5. The smallest absolute Gasteiger partial charge is 0.170 e. The van der Waals surface area contributed by atoms with Gasteiger partial charge >= 0.3 is 0 Å². The summed E-state index contributed by atoms with van der Waals surface area (Å²) in [5.41, 5.74) is 4.90. The molecule has 0 unspecified atom stereocenters. The van der Waals surface area contributed by atoms with E-state index in [1.807, 2.05) is 0 Å². The number of anilines is 2. The van der Waals surface area contributed by atoms with E-state index < -0.39 is 34.4 Å². The minimum absolute atomic E-state index is 0.00149. The zero-order chi connectivity index (χ0) is 24.4. The lowest BCUT2D eigenvalue weighted by molar-refractivity contribution is 0.0342. The van der Waals surface area contributed by atoms with Crippen LogP contribution in [0.5, 0.6) is 0 Å². The van der Waals surface area contributed by atoms with Crippen LogP contribution >= 0.6 is 0 Å². The lowest BCUT2D eigenvalue weighted by atomic mass is 9.94. The van der Waals surface area contributed by atoms with Gasteiger partial charge in [0.15, 0.2) is 29.6 Å². The Morgan fingerprint density at radius 3 is 2.18 bits per heavy atom. The molecule has 0 radical (unpaired) electrons. The Morgan fingerprint density at radius 2 is 1.59 bits per heavy atom. The van der Waals surface area contributed by atoms with Crippen molar-refractivity contribution in [1.29, 1.82) is 0 Å². The van der Waals surface area contributed by atoms with Crippen molar-refractivity contribution in [3.05, 3.63) is 70.8 Å². The molecule has 0 aromatic heterocycles. The summed E-state index contributed by atoms with van der Waals surface area (Å²) in [6.45, 7) is 3.11. The fraction of sp³-hybridized carbons (Fsp3) is 0.240. The van der Waals surface area contributed by atoms with E-state index >= 15 is 17.6 Å². The maximum absolute atomic E-state index is 15.2. The van der Waals surface area contributed by atoms with Gasteiger partial charge in [-0.1, -0.05) is 18.2 Å². The van der Waals surface area contributed by atoms with Crippen molar-refractivity contribution in [3.63, 3.8) is 0 Å². The van der Waals surface area contributed by atoms with E-state index in [-0.39, 0.29) is 28.1 Å². The van der Waals surface area contributed by atoms with Crippen LogP contribution in [0.1, 0.15) is 15.9 Å². The number of ether oxygens (including phenoxy) is 1. The normalized spacial score (nSPS) is 14.3. The quantitative estimate of drug-likeness (QED) is 0.232. The van der Waals surface area contributed by atoms with Gasteiger partial charge in [0, 0.05) is 32.2 Å². The molecular formula is C25H23F4N3O2. The lowest BCUT2D eigenvalue weighted by Gasteiger charge is -2.26. The van der Waals surface area contributed by atoms with Crippen molar-refractivity contribution >= 4 is 17.7 Å². The molecule has 0 bridgehead atoms. The lowest BCUT2D eigenvalue weighted by Crippen LogP contribution is -2.35. The Hall–Kier alpha value is -3.43. The van der Waals surface area contributed by atoms with Crippen LogP contribution in [0, 0.1) is 23.3 Å². The molecule has 4 rings (SSSR count). The molecule has 0 amide bonds. The van der Waals surface area contributed by atoms with Gasteiger partial charge in [-0.3, -0.25) is 9.69 Å². The maximum atomic E-state index is 15.2. The van der Waals surface area contributed by atoms with E-state index in [4.69, 9.17) is 10.5 Å². The number of nitrogens with two attached hydrogens (primary N) is 1. The van der Waals surface area contributed by atoms with Crippen LogP contribution < -0.4 is 11.1 Å². The van der Waals surface area contributed by atoms with E-state index in [0.717, 1.165) is 17.7 Å². The van der Waals surface area contributed by atoms with Crippen LogP contribution in [-0.2, 0) is 11.3 Å². The van der Waals surface area contributed by atoms with Gasteiger partial charge in [0.2, 0.25) is 0 Å². The van der Waals surface area contributed by atoms with Crippen LogP contribution in [0.25, 0.3) is 22.3 Å². The second-order valence-electron chi connectivity index (χ2n) is 7.99. The molecule has 0 saturated carbocycles. The van der Waals surface area contributed by atoms with E-state index in [1.165, 1.54) is 19.2 Å². The molecule has 1 aliphatic heterocycles. The Balaban J connectivity index is 1.79. The fourth-order valence-corrected chi connectivity index (χ4v) is 4.19. The molecule has 0 aliphatic carbocycles. The average molecular weight is 473 g/mol. The number of halogens is 4. The minimum Gasteiger partial charge on any atom is -0.397 e. The molecule has 3 aromatic rings. The molecule has 1 aliphatic rings. The first kappa shape index (κ1) is 23.7. The van der Waals surface area contributed by atoms with Gasteiger partial charge in [-0.25, -0.2) is 17.6 Å². The van der Waals surface area contributed by atoms with Gasteiger partial charge in [-0.05, 0) is 34.9 Å². The Morgan fingerprint density at radius 1 is 0.971 bits per heavy atom. The van der Waals surface area contributed by atoms with Gasteiger partial charge in [0.25, 0.3) is 0 Å². The van der Waals surface area contributed by atoms with E-state index in [0.29, 0.717) is 39.1 Å². The third kappa shape index (κ3) is 4.36. The predicted octanol–water partition coefficient (Wildman–Crippen LogP) is 4.85. The number of aldehydes is 1. The van der Waals surface area contributed by atoms with Gasteiger partial charge < -0.3 is 15.8 Å². The number of rotatable bonds is 6. The fourth-order valence-electron chi connectivity index (χ4n) is 4.19. The average Bonchev–Trinajstić information content (AvgIpc) is 2.83. The van der Waals surface area contributed by atoms with Crippen LogP contribution in [0.2, 0.25) is 0 Å². The second-order valence-corrected chi connectivity index (χ2v) is 7.99. The van der Waals surface area contributed by atoms with Gasteiger partial charge in [0.05, 0.1) is 35.7 Å². The number of morpholine rings is 1. The van der Waals surface area contributed by atoms with Crippen molar-refractivity contribution in [3.8, 4) is 22.3 Å². The first-order valence-corrected chi connectivity index (χ1v) is 10.7. The van der Waals surface area contributed by atoms with Crippen molar-refractivity contribution < 1.29 is 27.1 Å². The summed E-state index contributed by atoms with van der Waals surface area (Å²) in [6, 6.07) is 8.55. The molecule has 1 fully saturated rings. The Bertz CT molecular complexity index is 1210. The van der Waals surface area contributed by atoms with Crippen LogP contribution in [0.3, 0.4) is 0 Å². The van der Waals surface area contributed by atoms with Crippen LogP contribution in [0.15, 0.2) is 36.4 Å². The first-order chi connectivity index (χ1) is 16.3. The Kier molecular flexibility index (Phi) is 6.85. The molecule has 34 heavy (non-hydrogen) atoms. The minimum atomic E-state index is -1.57. The third-order valence-electron chi connectivity index (χ3n) is 5.85. The molecule has 1 saturated heterocycles. The van der Waals surface area contributed by atoms with Gasteiger partial charge in [-0.15, -0.1) is 0 Å². The number of hydrogen-bond donors (Lipinski definition) is 2. The summed E-state index contributed by atoms with van der Waals surface area (Å²) in [7, 11) is 1.51. The predicted molar refractivity (Wildman–Crippen MR) is 123 cm³/mol. The van der Waals surface area contributed by atoms with Gasteiger partial charge in [0.1, 0.15) is 0 Å². The molecular weight excluding hydrogens is 450 g/mol. The summed E-state index contributed by atoms with van der Waals surface area (Å²) in [6.07, 6.45) is 0.433. The first-order valence-electron chi connectivity index (χ1n) is 10.7. The Labute approximate surface area is 194 Å². The zero-order valence-corrected chi connectivity index (χ0v) is 18.4. The molecule has 0 spiro atoms. The monoisotopic (exact) mass is 473 g/mol.